The van der Waals surface area contributed by atoms with Gasteiger partial charge in [-0.2, -0.15) is 0 Å². The second kappa shape index (κ2) is 10.2. The number of hydrogen-bond donors (Lipinski definition) is 2. The van der Waals surface area contributed by atoms with Gasteiger partial charge in [0.1, 0.15) is 18.1 Å². The minimum absolute atomic E-state index is 0.00972. The fourth-order valence-corrected chi connectivity index (χ4v) is 2.54. The van der Waals surface area contributed by atoms with E-state index in [1.165, 1.54) is 0 Å². The number of rotatable bonds is 9. The number of hydrogen-bond acceptors (Lipinski definition) is 7. The van der Waals surface area contributed by atoms with Crippen molar-refractivity contribution >= 4 is 18.0 Å². The number of urea groups is 1. The summed E-state index contributed by atoms with van der Waals surface area (Å²) >= 11 is 0. The van der Waals surface area contributed by atoms with E-state index in [0.717, 1.165) is 0 Å². The van der Waals surface area contributed by atoms with Crippen molar-refractivity contribution in [2.45, 2.75) is 26.3 Å². The maximum atomic E-state index is 12.1. The highest BCUT2D eigenvalue weighted by Crippen LogP contribution is 2.17. The molecule has 0 fully saturated rings. The summed E-state index contributed by atoms with van der Waals surface area (Å²) in [4.78, 5) is 35.7. The summed E-state index contributed by atoms with van der Waals surface area (Å²) < 4.78 is 20.7. The molecule has 1 aromatic rings. The molecule has 1 aliphatic heterocycles. The molecule has 1 atom stereocenters. The first-order chi connectivity index (χ1) is 13.4. The van der Waals surface area contributed by atoms with Gasteiger partial charge in [0.2, 0.25) is 0 Å². The Kier molecular flexibility index (Phi) is 7.67. The van der Waals surface area contributed by atoms with Gasteiger partial charge in [0.25, 0.3) is 0 Å². The number of carbonyl (C=O) groups is 3. The van der Waals surface area contributed by atoms with E-state index < -0.39 is 24.0 Å². The molecule has 0 aliphatic carbocycles. The molecule has 0 saturated carbocycles. The molecule has 9 heteroatoms. The van der Waals surface area contributed by atoms with Crippen LogP contribution in [0.15, 0.2) is 35.5 Å². The van der Waals surface area contributed by atoms with E-state index in [-0.39, 0.29) is 37.5 Å². The molecule has 0 spiro atoms. The van der Waals surface area contributed by atoms with Crippen molar-refractivity contribution in [2.24, 2.45) is 0 Å². The number of carbonyl (C=O) groups excluding carboxylic acids is 3. The molecule has 2 N–H and O–H groups in total. The van der Waals surface area contributed by atoms with Gasteiger partial charge in [-0.1, -0.05) is 0 Å². The minimum atomic E-state index is -0.573. The van der Waals surface area contributed by atoms with Gasteiger partial charge in [-0.25, -0.2) is 9.59 Å². The van der Waals surface area contributed by atoms with E-state index >= 15 is 0 Å². The van der Waals surface area contributed by atoms with Crippen LogP contribution in [0, 0.1) is 0 Å². The average molecular weight is 392 g/mol. The summed E-state index contributed by atoms with van der Waals surface area (Å²) in [5.74, 6) is 0.206. The van der Waals surface area contributed by atoms with Crippen LogP contribution in [0.2, 0.25) is 0 Å². The first kappa shape index (κ1) is 21.1. The Morgan fingerprint density at radius 1 is 1.11 bits per heavy atom. The highest BCUT2D eigenvalue weighted by Gasteiger charge is 2.30. The van der Waals surface area contributed by atoms with Gasteiger partial charge in [-0.15, -0.1) is 0 Å². The van der Waals surface area contributed by atoms with E-state index in [4.69, 9.17) is 18.9 Å². The third-order valence-corrected chi connectivity index (χ3v) is 3.88. The molecule has 0 unspecified atom stereocenters. The summed E-state index contributed by atoms with van der Waals surface area (Å²) in [6.45, 7) is 3.40. The maximum absolute atomic E-state index is 12.1. The Bertz CT molecular complexity index is 743. The van der Waals surface area contributed by atoms with E-state index in [1.807, 2.05) is 0 Å². The van der Waals surface area contributed by atoms with Gasteiger partial charge in [0, 0.05) is 0 Å². The summed E-state index contributed by atoms with van der Waals surface area (Å²) in [7, 11) is 1.57. The average Bonchev–Trinajstić information content (AvgIpc) is 2.66. The zero-order chi connectivity index (χ0) is 20.5. The molecule has 0 aromatic heterocycles. The van der Waals surface area contributed by atoms with Gasteiger partial charge < -0.3 is 29.6 Å². The van der Waals surface area contributed by atoms with Gasteiger partial charge in [0.05, 0.1) is 44.1 Å². The predicted molar refractivity (Wildman–Crippen MR) is 98.9 cm³/mol. The van der Waals surface area contributed by atoms with Crippen LogP contribution in [-0.4, -0.2) is 50.9 Å². The van der Waals surface area contributed by atoms with Crippen molar-refractivity contribution in [2.75, 3.05) is 26.9 Å². The SMILES string of the molecule is CCOC(=O)C1=C(COC(=O)CCOc2ccc(OC)cc2)NC(=O)N[C@H]1C. The Morgan fingerprint density at radius 3 is 2.43 bits per heavy atom. The Hall–Kier alpha value is -3.23. The Balaban J connectivity index is 1.87. The number of ether oxygens (including phenoxy) is 4. The van der Waals surface area contributed by atoms with Crippen molar-refractivity contribution in [1.29, 1.82) is 0 Å². The third kappa shape index (κ3) is 5.90. The van der Waals surface area contributed by atoms with Crippen LogP contribution in [0.25, 0.3) is 0 Å². The van der Waals surface area contributed by atoms with Gasteiger partial charge in [0.15, 0.2) is 0 Å². The number of amides is 2. The molecular weight excluding hydrogens is 368 g/mol. The van der Waals surface area contributed by atoms with E-state index in [9.17, 15) is 14.4 Å². The fourth-order valence-electron chi connectivity index (χ4n) is 2.54. The molecule has 2 rings (SSSR count). The molecule has 1 aliphatic rings. The van der Waals surface area contributed by atoms with Crippen molar-refractivity contribution in [3.63, 3.8) is 0 Å². The van der Waals surface area contributed by atoms with Crippen LogP contribution in [0.1, 0.15) is 20.3 Å². The highest BCUT2D eigenvalue weighted by molar-refractivity contribution is 5.94. The lowest BCUT2D eigenvalue weighted by molar-refractivity contribution is -0.144. The molecule has 1 aromatic carbocycles. The lowest BCUT2D eigenvalue weighted by Gasteiger charge is -2.26. The summed E-state index contributed by atoms with van der Waals surface area (Å²) in [5.41, 5.74) is 0.433. The quantitative estimate of drug-likeness (QED) is 0.613. The van der Waals surface area contributed by atoms with Gasteiger partial charge in [-0.05, 0) is 38.1 Å². The number of methoxy groups -OCH3 is 1. The smallest absolute Gasteiger partial charge is 0.338 e. The van der Waals surface area contributed by atoms with Crippen LogP contribution >= 0.6 is 0 Å². The maximum Gasteiger partial charge on any atom is 0.338 e. The normalized spacial score (nSPS) is 16.0. The lowest BCUT2D eigenvalue weighted by Crippen LogP contribution is -2.50. The lowest BCUT2D eigenvalue weighted by atomic mass is 10.0. The Labute approximate surface area is 163 Å². The number of nitrogens with one attached hydrogen (secondary N) is 2. The second-order valence-corrected chi connectivity index (χ2v) is 5.87. The molecule has 0 bridgehead atoms. The van der Waals surface area contributed by atoms with Crippen LogP contribution in [0.5, 0.6) is 11.5 Å². The topological polar surface area (TPSA) is 112 Å². The Morgan fingerprint density at radius 2 is 1.79 bits per heavy atom. The second-order valence-electron chi connectivity index (χ2n) is 5.87. The molecule has 28 heavy (non-hydrogen) atoms. The van der Waals surface area contributed by atoms with Crippen LogP contribution in [0.3, 0.4) is 0 Å². The fraction of sp³-hybridized carbons (Fsp3) is 0.421. The van der Waals surface area contributed by atoms with E-state index in [2.05, 4.69) is 10.6 Å². The van der Waals surface area contributed by atoms with Crippen LogP contribution < -0.4 is 20.1 Å². The highest BCUT2D eigenvalue weighted by atomic mass is 16.5. The third-order valence-electron chi connectivity index (χ3n) is 3.88. The first-order valence-corrected chi connectivity index (χ1v) is 8.84. The summed E-state index contributed by atoms with van der Waals surface area (Å²) in [5, 5.41) is 5.06. The number of benzene rings is 1. The van der Waals surface area contributed by atoms with Gasteiger partial charge >= 0.3 is 18.0 Å². The molecule has 0 saturated heterocycles. The van der Waals surface area contributed by atoms with E-state index in [0.29, 0.717) is 11.5 Å². The van der Waals surface area contributed by atoms with Crippen molar-refractivity contribution in [3.8, 4) is 11.5 Å². The van der Waals surface area contributed by atoms with Crippen molar-refractivity contribution < 1.29 is 33.3 Å². The van der Waals surface area contributed by atoms with Crippen LogP contribution in [0.4, 0.5) is 4.79 Å². The molecule has 152 valence electrons. The summed E-state index contributed by atoms with van der Waals surface area (Å²) in [6, 6.07) is 5.92. The zero-order valence-electron chi connectivity index (χ0n) is 16.1. The van der Waals surface area contributed by atoms with Crippen LogP contribution in [-0.2, 0) is 19.1 Å². The minimum Gasteiger partial charge on any atom is -0.497 e. The standard InChI is InChI=1S/C19H24N2O7/c1-4-26-18(23)17-12(2)20-19(24)21-15(17)11-28-16(22)9-10-27-14-7-5-13(25-3)6-8-14/h5-8,12H,4,9-11H2,1-3H3,(H2,20,21,24)/t12-/m0/s1. The van der Waals surface area contributed by atoms with Crippen molar-refractivity contribution in [3.05, 3.63) is 35.5 Å². The molecule has 0 radical (unpaired) electrons. The predicted octanol–water partition coefficient (Wildman–Crippen LogP) is 1.53. The van der Waals surface area contributed by atoms with Gasteiger partial charge in [-0.3, -0.25) is 4.79 Å². The van der Waals surface area contributed by atoms with Crippen molar-refractivity contribution in [1.82, 2.24) is 10.6 Å². The zero-order valence-corrected chi connectivity index (χ0v) is 16.1. The molecule has 1 heterocycles. The van der Waals surface area contributed by atoms with E-state index in [1.54, 1.807) is 45.2 Å². The molecular formula is C19H24N2O7. The first-order valence-electron chi connectivity index (χ1n) is 8.84. The summed E-state index contributed by atoms with van der Waals surface area (Å²) in [6.07, 6.45) is 0.00972. The number of esters is 2. The monoisotopic (exact) mass is 392 g/mol. The largest absolute Gasteiger partial charge is 0.497 e. The molecule has 9 nitrogen and oxygen atoms in total. The molecule has 2 amide bonds.